The van der Waals surface area contributed by atoms with Gasteiger partial charge in [-0.25, -0.2) is 4.98 Å². The summed E-state index contributed by atoms with van der Waals surface area (Å²) in [6.07, 6.45) is 6.54. The fourth-order valence-electron chi connectivity index (χ4n) is 1.46. The maximum atomic E-state index is 11.6. The SMILES string of the molecule is C#CCNC(=O)c1ccc(N[C@H](CO)C(C)C)nc1. The van der Waals surface area contributed by atoms with Gasteiger partial charge in [0.25, 0.3) is 5.91 Å². The molecule has 102 valence electrons. The number of anilines is 1. The van der Waals surface area contributed by atoms with Gasteiger partial charge in [0.1, 0.15) is 5.82 Å². The van der Waals surface area contributed by atoms with E-state index in [9.17, 15) is 9.90 Å². The molecule has 0 unspecified atom stereocenters. The summed E-state index contributed by atoms with van der Waals surface area (Å²) in [7, 11) is 0. The van der Waals surface area contributed by atoms with Gasteiger partial charge in [0.2, 0.25) is 0 Å². The second-order valence-electron chi connectivity index (χ2n) is 4.50. The van der Waals surface area contributed by atoms with E-state index in [0.29, 0.717) is 11.4 Å². The number of carbonyl (C=O) groups excluding carboxylic acids is 1. The molecule has 5 heteroatoms. The molecule has 0 fully saturated rings. The Labute approximate surface area is 113 Å². The maximum Gasteiger partial charge on any atom is 0.253 e. The molecule has 0 bridgehead atoms. The van der Waals surface area contributed by atoms with Crippen molar-refractivity contribution in [1.82, 2.24) is 10.3 Å². The van der Waals surface area contributed by atoms with E-state index in [1.165, 1.54) is 6.20 Å². The lowest BCUT2D eigenvalue weighted by molar-refractivity contribution is 0.0958. The first-order chi connectivity index (χ1) is 9.08. The van der Waals surface area contributed by atoms with Crippen LogP contribution in [0.4, 0.5) is 5.82 Å². The summed E-state index contributed by atoms with van der Waals surface area (Å²) in [5.74, 6) is 2.99. The lowest BCUT2D eigenvalue weighted by atomic mass is 10.1. The number of terminal acetylenes is 1. The van der Waals surface area contributed by atoms with Crippen LogP contribution >= 0.6 is 0 Å². The Balaban J connectivity index is 2.66. The van der Waals surface area contributed by atoms with Crippen molar-refractivity contribution in [2.45, 2.75) is 19.9 Å². The lowest BCUT2D eigenvalue weighted by Crippen LogP contribution is -2.30. The van der Waals surface area contributed by atoms with Crippen molar-refractivity contribution in [2.24, 2.45) is 5.92 Å². The summed E-state index contributed by atoms with van der Waals surface area (Å²) in [4.78, 5) is 15.7. The molecule has 0 aromatic carbocycles. The van der Waals surface area contributed by atoms with Gasteiger partial charge in [-0.15, -0.1) is 6.42 Å². The van der Waals surface area contributed by atoms with Gasteiger partial charge in [-0.05, 0) is 18.1 Å². The average Bonchev–Trinajstić information content (AvgIpc) is 2.42. The fraction of sp³-hybridized carbons (Fsp3) is 0.429. The Hall–Kier alpha value is -2.06. The van der Waals surface area contributed by atoms with Crippen molar-refractivity contribution in [2.75, 3.05) is 18.5 Å². The van der Waals surface area contributed by atoms with Gasteiger partial charge in [0.15, 0.2) is 0 Å². The summed E-state index contributed by atoms with van der Waals surface area (Å²) >= 11 is 0. The largest absolute Gasteiger partial charge is 0.394 e. The van der Waals surface area contributed by atoms with Gasteiger partial charge in [-0.1, -0.05) is 19.8 Å². The normalized spacial score (nSPS) is 11.7. The Morgan fingerprint density at radius 3 is 2.74 bits per heavy atom. The molecule has 1 aromatic heterocycles. The van der Waals surface area contributed by atoms with Crippen LogP contribution in [0.2, 0.25) is 0 Å². The minimum absolute atomic E-state index is 0.0315. The van der Waals surface area contributed by atoms with E-state index in [-0.39, 0.29) is 31.0 Å². The molecule has 1 amide bonds. The lowest BCUT2D eigenvalue weighted by Gasteiger charge is -2.20. The van der Waals surface area contributed by atoms with Crippen LogP contribution in [0.3, 0.4) is 0 Å². The Morgan fingerprint density at radius 2 is 2.26 bits per heavy atom. The van der Waals surface area contributed by atoms with Crippen LogP contribution in [0, 0.1) is 18.3 Å². The van der Waals surface area contributed by atoms with Gasteiger partial charge in [0, 0.05) is 6.20 Å². The molecule has 1 heterocycles. The number of aliphatic hydroxyl groups excluding tert-OH is 1. The zero-order valence-corrected chi connectivity index (χ0v) is 11.2. The van der Waals surface area contributed by atoms with Crippen LogP contribution in [0.1, 0.15) is 24.2 Å². The Kier molecular flexibility index (Phi) is 5.83. The highest BCUT2D eigenvalue weighted by atomic mass is 16.3. The number of aliphatic hydroxyl groups is 1. The zero-order valence-electron chi connectivity index (χ0n) is 11.2. The molecule has 0 aliphatic rings. The highest BCUT2D eigenvalue weighted by Gasteiger charge is 2.12. The second kappa shape index (κ2) is 7.39. The van der Waals surface area contributed by atoms with E-state index >= 15 is 0 Å². The number of hydrogen-bond donors (Lipinski definition) is 3. The van der Waals surface area contributed by atoms with Gasteiger partial charge in [-0.2, -0.15) is 0 Å². The summed E-state index contributed by atoms with van der Waals surface area (Å²) < 4.78 is 0. The quantitative estimate of drug-likeness (QED) is 0.664. The predicted octanol–water partition coefficient (Wildman–Crippen LogP) is 0.873. The molecule has 3 N–H and O–H groups in total. The predicted molar refractivity (Wildman–Crippen MR) is 74.7 cm³/mol. The molecular weight excluding hydrogens is 242 g/mol. The zero-order chi connectivity index (χ0) is 14.3. The number of rotatable bonds is 6. The van der Waals surface area contributed by atoms with E-state index < -0.39 is 0 Å². The number of amides is 1. The maximum absolute atomic E-state index is 11.6. The third-order valence-electron chi connectivity index (χ3n) is 2.71. The Bertz CT molecular complexity index is 449. The molecule has 0 spiro atoms. The van der Waals surface area contributed by atoms with Crippen LogP contribution in [0.25, 0.3) is 0 Å². The monoisotopic (exact) mass is 261 g/mol. The van der Waals surface area contributed by atoms with Crippen LogP contribution in [-0.2, 0) is 0 Å². The van der Waals surface area contributed by atoms with Gasteiger partial charge < -0.3 is 15.7 Å². The number of hydrogen-bond acceptors (Lipinski definition) is 4. The van der Waals surface area contributed by atoms with Crippen molar-refractivity contribution in [1.29, 1.82) is 0 Å². The third-order valence-corrected chi connectivity index (χ3v) is 2.71. The number of nitrogens with one attached hydrogen (secondary N) is 2. The van der Waals surface area contributed by atoms with E-state index in [4.69, 9.17) is 6.42 Å². The molecule has 0 aliphatic carbocycles. The molecule has 1 aromatic rings. The standard InChI is InChI=1S/C14H19N3O2/c1-4-7-15-14(19)11-5-6-13(16-8-11)17-12(9-18)10(2)3/h1,5-6,8,10,12,18H,7,9H2,2-3H3,(H,15,19)(H,16,17)/t12-/m1/s1. The minimum atomic E-state index is -0.250. The number of aromatic nitrogens is 1. The Morgan fingerprint density at radius 1 is 1.53 bits per heavy atom. The molecular formula is C14H19N3O2. The molecule has 1 atom stereocenters. The van der Waals surface area contributed by atoms with Crippen molar-refractivity contribution in [3.8, 4) is 12.3 Å². The van der Waals surface area contributed by atoms with Crippen molar-refractivity contribution < 1.29 is 9.90 Å². The molecule has 0 aliphatic heterocycles. The number of pyridine rings is 1. The first-order valence-corrected chi connectivity index (χ1v) is 6.13. The highest BCUT2D eigenvalue weighted by molar-refractivity contribution is 5.94. The highest BCUT2D eigenvalue weighted by Crippen LogP contribution is 2.10. The van der Waals surface area contributed by atoms with Crippen LogP contribution in [-0.4, -0.2) is 35.2 Å². The van der Waals surface area contributed by atoms with Gasteiger partial charge >= 0.3 is 0 Å². The van der Waals surface area contributed by atoms with E-state index in [1.54, 1.807) is 12.1 Å². The van der Waals surface area contributed by atoms with Crippen LogP contribution < -0.4 is 10.6 Å². The first kappa shape index (κ1) is 15.0. The van der Waals surface area contributed by atoms with Crippen LogP contribution in [0.5, 0.6) is 0 Å². The average molecular weight is 261 g/mol. The smallest absolute Gasteiger partial charge is 0.253 e. The number of nitrogens with zero attached hydrogens (tertiary/aromatic N) is 1. The fourth-order valence-corrected chi connectivity index (χ4v) is 1.46. The molecule has 1 rings (SSSR count). The summed E-state index contributed by atoms with van der Waals surface area (Å²) in [6.45, 7) is 4.24. The second-order valence-corrected chi connectivity index (χ2v) is 4.50. The minimum Gasteiger partial charge on any atom is -0.394 e. The molecule has 0 radical (unpaired) electrons. The first-order valence-electron chi connectivity index (χ1n) is 6.13. The molecule has 19 heavy (non-hydrogen) atoms. The molecule has 5 nitrogen and oxygen atoms in total. The van der Waals surface area contributed by atoms with Crippen LogP contribution in [0.15, 0.2) is 18.3 Å². The summed E-state index contributed by atoms with van der Waals surface area (Å²) in [5, 5.41) is 14.9. The third kappa shape index (κ3) is 4.60. The molecule has 0 saturated heterocycles. The molecule has 0 saturated carbocycles. The van der Waals surface area contributed by atoms with E-state index in [1.807, 2.05) is 13.8 Å². The van der Waals surface area contributed by atoms with Crippen molar-refractivity contribution in [3.63, 3.8) is 0 Å². The summed E-state index contributed by atoms with van der Waals surface area (Å²) in [6, 6.07) is 3.31. The van der Waals surface area contributed by atoms with Gasteiger partial charge in [0.05, 0.1) is 24.8 Å². The topological polar surface area (TPSA) is 74.2 Å². The summed E-state index contributed by atoms with van der Waals surface area (Å²) in [5.41, 5.74) is 0.450. The van der Waals surface area contributed by atoms with E-state index in [2.05, 4.69) is 21.5 Å². The van der Waals surface area contributed by atoms with Gasteiger partial charge in [-0.3, -0.25) is 4.79 Å². The van der Waals surface area contributed by atoms with Crippen molar-refractivity contribution in [3.05, 3.63) is 23.9 Å². The van der Waals surface area contributed by atoms with E-state index in [0.717, 1.165) is 0 Å². The number of carbonyl (C=O) groups is 1. The van der Waals surface area contributed by atoms with Crippen molar-refractivity contribution >= 4 is 11.7 Å².